The summed E-state index contributed by atoms with van der Waals surface area (Å²) < 4.78 is 63.6. The number of halogens is 4. The first-order valence-corrected chi connectivity index (χ1v) is 11.3. The fourth-order valence-electron chi connectivity index (χ4n) is 3.14. The van der Waals surface area contributed by atoms with Gasteiger partial charge in [0.05, 0.1) is 21.9 Å². The Bertz CT molecular complexity index is 1110. The van der Waals surface area contributed by atoms with Gasteiger partial charge >= 0.3 is 6.18 Å². The zero-order valence-electron chi connectivity index (χ0n) is 15.7. The van der Waals surface area contributed by atoms with Crippen LogP contribution < -0.4 is 11.1 Å². The van der Waals surface area contributed by atoms with Crippen molar-refractivity contribution in [1.29, 1.82) is 5.41 Å². The van der Waals surface area contributed by atoms with Crippen molar-refractivity contribution in [2.24, 2.45) is 0 Å². The van der Waals surface area contributed by atoms with Crippen LogP contribution in [0.1, 0.15) is 31.2 Å². The molecular formula is C18H19ClF3N3O2S2. The fourth-order valence-corrected chi connectivity index (χ4v) is 6.58. The zero-order chi connectivity index (χ0) is 22.0. The van der Waals surface area contributed by atoms with Gasteiger partial charge in [0.25, 0.3) is 0 Å². The summed E-state index contributed by atoms with van der Waals surface area (Å²) in [7, 11) is -3.67. The van der Waals surface area contributed by atoms with Crippen molar-refractivity contribution < 1.29 is 21.6 Å². The smallest absolute Gasteiger partial charge is 0.398 e. The molecule has 1 aliphatic rings. The highest BCUT2D eigenvalue weighted by atomic mass is 35.5. The lowest BCUT2D eigenvalue weighted by Crippen LogP contribution is -2.63. The number of benzene rings is 1. The van der Waals surface area contributed by atoms with E-state index >= 15 is 0 Å². The normalized spacial score (nSPS) is 23.6. The van der Waals surface area contributed by atoms with Gasteiger partial charge in [0.1, 0.15) is 10.6 Å². The Kier molecular flexibility index (Phi) is 5.00. The summed E-state index contributed by atoms with van der Waals surface area (Å²) in [6.07, 6.45) is -4.60. The quantitative estimate of drug-likeness (QED) is 0.562. The van der Waals surface area contributed by atoms with Gasteiger partial charge in [0.15, 0.2) is 9.84 Å². The summed E-state index contributed by atoms with van der Waals surface area (Å²) in [6, 6.07) is 5.07. The summed E-state index contributed by atoms with van der Waals surface area (Å²) in [5.41, 5.74) is 3.21. The third-order valence-corrected chi connectivity index (χ3v) is 9.66. The predicted molar refractivity (Wildman–Crippen MR) is 110 cm³/mol. The topological polar surface area (TPSA) is 96.0 Å². The van der Waals surface area contributed by atoms with Gasteiger partial charge in [-0.3, -0.25) is 5.41 Å². The molecule has 1 aliphatic heterocycles. The first-order chi connectivity index (χ1) is 13.1. The molecule has 1 aromatic heterocycles. The molecule has 29 heavy (non-hydrogen) atoms. The maximum absolute atomic E-state index is 13.2. The van der Waals surface area contributed by atoms with E-state index in [1.807, 2.05) is 0 Å². The molecule has 1 saturated heterocycles. The molecule has 0 unspecified atom stereocenters. The molecule has 0 amide bonds. The summed E-state index contributed by atoms with van der Waals surface area (Å²) in [5, 5.41) is 11.3. The Balaban J connectivity index is 2.08. The van der Waals surface area contributed by atoms with Crippen LogP contribution in [0, 0.1) is 5.41 Å². The fraction of sp³-hybridized carbons (Fsp3) is 0.389. The molecule has 1 aromatic carbocycles. The lowest BCUT2D eigenvalue weighted by Gasteiger charge is -2.42. The average molecular weight is 466 g/mol. The Morgan fingerprint density at radius 1 is 1.24 bits per heavy atom. The van der Waals surface area contributed by atoms with Crippen LogP contribution >= 0.6 is 22.9 Å². The predicted octanol–water partition coefficient (Wildman–Crippen LogP) is 4.66. The molecule has 0 radical (unpaired) electrons. The number of nitrogen functional groups attached to an aromatic ring is 1. The van der Waals surface area contributed by atoms with Gasteiger partial charge < -0.3 is 11.1 Å². The van der Waals surface area contributed by atoms with Crippen molar-refractivity contribution in [1.82, 2.24) is 5.32 Å². The molecule has 0 aliphatic carbocycles. The van der Waals surface area contributed by atoms with Gasteiger partial charge in [0, 0.05) is 15.4 Å². The van der Waals surface area contributed by atoms with Crippen molar-refractivity contribution >= 4 is 44.3 Å². The Labute approximate surface area is 175 Å². The monoisotopic (exact) mass is 465 g/mol. The Hall–Kier alpha value is -1.78. The van der Waals surface area contributed by atoms with E-state index in [0.717, 1.165) is 17.4 Å². The van der Waals surface area contributed by atoms with Crippen molar-refractivity contribution in [2.45, 2.75) is 37.2 Å². The molecule has 4 N–H and O–H groups in total. The maximum Gasteiger partial charge on any atom is 0.418 e. The first kappa shape index (κ1) is 21.9. The number of rotatable bonds is 2. The average Bonchev–Trinajstić information content (AvgIpc) is 2.95. The molecule has 2 aromatic rings. The standard InChI is InChI=1S/C18H19ClF3N3O2S2/c1-16(2)15(24)25-17(3,8-29(16,26)27)14-11(19)7-13(28-14)9-4-5-12(23)10(6-9)18(20,21)22/h4-7H,8,23H2,1-3H3,(H2,24,25)/t17-/m0/s1. The van der Waals surface area contributed by atoms with Gasteiger partial charge in [0.2, 0.25) is 0 Å². The number of nitrogens with one attached hydrogen (secondary N) is 2. The number of alkyl halides is 3. The highest BCUT2D eigenvalue weighted by molar-refractivity contribution is 7.93. The minimum absolute atomic E-state index is 0.163. The number of hydrogen-bond donors (Lipinski definition) is 3. The largest absolute Gasteiger partial charge is 0.418 e. The van der Waals surface area contributed by atoms with Crippen LogP contribution in [0.4, 0.5) is 18.9 Å². The van der Waals surface area contributed by atoms with Gasteiger partial charge in [-0.15, -0.1) is 11.3 Å². The number of hydrogen-bond acceptors (Lipinski definition) is 5. The molecule has 5 nitrogen and oxygen atoms in total. The second-order valence-electron chi connectivity index (χ2n) is 7.69. The van der Waals surface area contributed by atoms with Crippen LogP contribution in [0.2, 0.25) is 5.02 Å². The lowest BCUT2D eigenvalue weighted by molar-refractivity contribution is -0.136. The van der Waals surface area contributed by atoms with Gasteiger partial charge in [-0.2, -0.15) is 13.2 Å². The van der Waals surface area contributed by atoms with Crippen LogP contribution in [-0.4, -0.2) is 24.8 Å². The molecule has 3 rings (SSSR count). The van der Waals surface area contributed by atoms with E-state index in [2.05, 4.69) is 5.32 Å². The molecule has 1 fully saturated rings. The third kappa shape index (κ3) is 3.62. The van der Waals surface area contributed by atoms with Gasteiger partial charge in [-0.25, -0.2) is 8.42 Å². The van der Waals surface area contributed by atoms with E-state index in [0.29, 0.717) is 9.75 Å². The molecular weight excluding hydrogens is 447 g/mol. The van der Waals surface area contributed by atoms with E-state index in [9.17, 15) is 21.6 Å². The summed E-state index contributed by atoms with van der Waals surface area (Å²) in [5.74, 6) is -0.464. The van der Waals surface area contributed by atoms with E-state index in [-0.39, 0.29) is 27.9 Å². The molecule has 0 saturated carbocycles. The summed E-state index contributed by atoms with van der Waals surface area (Å²) in [6.45, 7) is 4.51. The molecule has 2 heterocycles. The molecule has 158 valence electrons. The second kappa shape index (κ2) is 6.61. The van der Waals surface area contributed by atoms with Crippen molar-refractivity contribution in [3.8, 4) is 10.4 Å². The van der Waals surface area contributed by atoms with Gasteiger partial charge in [-0.1, -0.05) is 17.7 Å². The molecule has 11 heteroatoms. The molecule has 1 atom stereocenters. The van der Waals surface area contributed by atoms with Crippen LogP contribution in [0.5, 0.6) is 0 Å². The second-order valence-corrected chi connectivity index (χ2v) is 11.7. The molecule has 0 bridgehead atoms. The first-order valence-electron chi connectivity index (χ1n) is 8.45. The summed E-state index contributed by atoms with van der Waals surface area (Å²) >= 11 is 7.43. The van der Waals surface area contributed by atoms with Crippen LogP contribution in [0.25, 0.3) is 10.4 Å². The highest BCUT2D eigenvalue weighted by Gasteiger charge is 2.51. The van der Waals surface area contributed by atoms with Crippen LogP contribution in [0.15, 0.2) is 24.3 Å². The summed E-state index contributed by atoms with van der Waals surface area (Å²) in [4.78, 5) is 0.871. The lowest BCUT2D eigenvalue weighted by atomic mass is 10.00. The SMILES string of the molecule is CC1(C)C(=N)N[C@](C)(c2sc(-c3ccc(N)c(C(F)(F)F)c3)cc2Cl)CS1(=O)=O. The number of sulfone groups is 1. The van der Waals surface area contributed by atoms with Crippen LogP contribution in [0.3, 0.4) is 0 Å². The third-order valence-electron chi connectivity index (χ3n) is 5.09. The van der Waals surface area contributed by atoms with Crippen LogP contribution in [-0.2, 0) is 21.6 Å². The van der Waals surface area contributed by atoms with E-state index in [1.165, 1.54) is 32.0 Å². The highest BCUT2D eigenvalue weighted by Crippen LogP contribution is 2.45. The van der Waals surface area contributed by atoms with Crippen molar-refractivity contribution in [3.05, 3.63) is 39.7 Å². The number of anilines is 1. The Morgan fingerprint density at radius 2 is 1.86 bits per heavy atom. The number of amidine groups is 1. The van der Waals surface area contributed by atoms with E-state index in [4.69, 9.17) is 22.7 Å². The minimum Gasteiger partial charge on any atom is -0.398 e. The Morgan fingerprint density at radius 3 is 2.41 bits per heavy atom. The number of thiophene rings is 1. The van der Waals surface area contributed by atoms with E-state index < -0.39 is 31.9 Å². The maximum atomic E-state index is 13.2. The minimum atomic E-state index is -4.60. The zero-order valence-corrected chi connectivity index (χ0v) is 18.1. The van der Waals surface area contributed by atoms with E-state index in [1.54, 1.807) is 6.92 Å². The van der Waals surface area contributed by atoms with Gasteiger partial charge in [-0.05, 0) is 44.5 Å². The number of nitrogens with two attached hydrogens (primary N) is 1. The van der Waals surface area contributed by atoms with Crippen molar-refractivity contribution in [2.75, 3.05) is 11.5 Å². The molecule has 0 spiro atoms. The van der Waals surface area contributed by atoms with Crippen molar-refractivity contribution in [3.63, 3.8) is 0 Å².